The minimum Gasteiger partial charge on any atom is -0.505 e. The van der Waals surface area contributed by atoms with Gasteiger partial charge in [0, 0.05) is 13.2 Å². The highest BCUT2D eigenvalue weighted by molar-refractivity contribution is 5.57. The predicted molar refractivity (Wildman–Crippen MR) is 36.2 cm³/mol. The van der Waals surface area contributed by atoms with E-state index in [4.69, 9.17) is 16.1 Å². The third-order valence-corrected chi connectivity index (χ3v) is 1.32. The number of nitrogen functional groups attached to an aromatic ring is 1. The van der Waals surface area contributed by atoms with E-state index in [-0.39, 0.29) is 11.3 Å². The number of aryl methyl sites for hydroxylation is 1. The van der Waals surface area contributed by atoms with Crippen LogP contribution in [0.15, 0.2) is 6.20 Å². The first-order chi connectivity index (χ1) is 4.66. The van der Waals surface area contributed by atoms with Crippen molar-refractivity contribution in [3.63, 3.8) is 0 Å². The quantitative estimate of drug-likeness (QED) is 0.535. The molecule has 0 amide bonds. The molecule has 0 aliphatic heterocycles. The second-order valence-corrected chi connectivity index (χ2v) is 2.00. The van der Waals surface area contributed by atoms with Crippen LogP contribution in [0.5, 0.6) is 5.75 Å². The minimum absolute atomic E-state index is 0.0671. The Bertz CT molecular complexity index is 295. The monoisotopic (exact) mass is 137 g/mol. The molecule has 1 heterocycles. The Morgan fingerprint density at radius 2 is 2.40 bits per heavy atom. The highest BCUT2D eigenvalue weighted by atomic mass is 16.3. The zero-order chi connectivity index (χ0) is 7.72. The van der Waals surface area contributed by atoms with Crippen LogP contribution in [0.25, 0.3) is 0 Å². The maximum Gasteiger partial charge on any atom is 0.153 e. The normalized spacial score (nSPS) is 9.20. The summed E-state index contributed by atoms with van der Waals surface area (Å²) >= 11 is 0. The van der Waals surface area contributed by atoms with E-state index < -0.39 is 0 Å². The van der Waals surface area contributed by atoms with Gasteiger partial charge in [-0.2, -0.15) is 5.26 Å². The van der Waals surface area contributed by atoms with Crippen LogP contribution >= 0.6 is 0 Å². The molecule has 3 N–H and O–H groups in total. The number of nitrogens with zero attached hydrogens (tertiary/aromatic N) is 2. The molecule has 0 atom stereocenters. The van der Waals surface area contributed by atoms with Gasteiger partial charge in [0.15, 0.2) is 5.75 Å². The van der Waals surface area contributed by atoms with Gasteiger partial charge in [-0.3, -0.25) is 0 Å². The van der Waals surface area contributed by atoms with Crippen LogP contribution in [0.2, 0.25) is 0 Å². The lowest BCUT2D eigenvalue weighted by atomic mass is 10.3. The zero-order valence-corrected chi connectivity index (χ0v) is 5.50. The van der Waals surface area contributed by atoms with E-state index in [1.807, 2.05) is 0 Å². The van der Waals surface area contributed by atoms with Crippen molar-refractivity contribution in [2.75, 3.05) is 5.73 Å². The number of aromatic hydroxyl groups is 1. The van der Waals surface area contributed by atoms with Crippen molar-refractivity contribution in [1.82, 2.24) is 4.57 Å². The van der Waals surface area contributed by atoms with E-state index in [0.717, 1.165) is 0 Å². The molecule has 4 nitrogen and oxygen atoms in total. The molecule has 0 unspecified atom stereocenters. The maximum atomic E-state index is 8.99. The number of rotatable bonds is 0. The van der Waals surface area contributed by atoms with Gasteiger partial charge in [-0.05, 0) is 0 Å². The first-order valence-corrected chi connectivity index (χ1v) is 2.70. The molecule has 10 heavy (non-hydrogen) atoms. The minimum atomic E-state index is -0.0671. The third kappa shape index (κ3) is 0.685. The molecule has 1 rings (SSSR count). The lowest BCUT2D eigenvalue weighted by molar-refractivity contribution is 0.473. The van der Waals surface area contributed by atoms with Crippen molar-refractivity contribution in [2.45, 2.75) is 0 Å². The Morgan fingerprint density at radius 3 is 2.60 bits per heavy atom. The molecule has 0 aliphatic carbocycles. The summed E-state index contributed by atoms with van der Waals surface area (Å²) < 4.78 is 1.49. The Balaban J connectivity index is 3.37. The Labute approximate surface area is 58.1 Å². The summed E-state index contributed by atoms with van der Waals surface area (Å²) in [5.41, 5.74) is 5.54. The summed E-state index contributed by atoms with van der Waals surface area (Å²) in [7, 11) is 1.66. The molecule has 0 radical (unpaired) electrons. The largest absolute Gasteiger partial charge is 0.505 e. The molecule has 52 valence electrons. The lowest BCUT2D eigenvalue weighted by Crippen LogP contribution is -1.95. The van der Waals surface area contributed by atoms with Gasteiger partial charge in [-0.15, -0.1) is 0 Å². The molecule has 4 heteroatoms. The van der Waals surface area contributed by atoms with Gasteiger partial charge in [0.25, 0.3) is 0 Å². The Morgan fingerprint density at radius 1 is 1.80 bits per heavy atom. The number of nitrogens with two attached hydrogens (primary N) is 1. The summed E-state index contributed by atoms with van der Waals surface area (Å²) in [5.74, 6) is 0.225. The molecule has 0 aromatic carbocycles. The summed E-state index contributed by atoms with van der Waals surface area (Å²) in [6.07, 6.45) is 1.40. The standard InChI is InChI=1S/C6H7N3O/c1-9-3-5(10)4(2-7)6(9)8/h3,10H,8H2,1H3. The molecular weight excluding hydrogens is 130 g/mol. The molecule has 1 aromatic rings. The van der Waals surface area contributed by atoms with E-state index in [2.05, 4.69) is 0 Å². The predicted octanol–water partition coefficient (Wildman–Crippen LogP) is 0.185. The third-order valence-electron chi connectivity index (χ3n) is 1.32. The van der Waals surface area contributed by atoms with Crippen LogP contribution in [-0.2, 0) is 7.05 Å². The number of aromatic nitrogens is 1. The lowest BCUT2D eigenvalue weighted by Gasteiger charge is -1.91. The van der Waals surface area contributed by atoms with Crippen LogP contribution in [0.4, 0.5) is 5.82 Å². The van der Waals surface area contributed by atoms with Gasteiger partial charge in [0.05, 0.1) is 0 Å². The topological polar surface area (TPSA) is 75.0 Å². The van der Waals surface area contributed by atoms with Gasteiger partial charge >= 0.3 is 0 Å². The highest BCUT2D eigenvalue weighted by Crippen LogP contribution is 2.22. The van der Waals surface area contributed by atoms with Gasteiger partial charge in [0.2, 0.25) is 0 Å². The molecule has 0 fully saturated rings. The zero-order valence-electron chi connectivity index (χ0n) is 5.50. The Hall–Kier alpha value is -1.63. The molecule has 0 saturated carbocycles. The van der Waals surface area contributed by atoms with Crippen molar-refractivity contribution in [1.29, 1.82) is 5.26 Å². The Kier molecular flexibility index (Phi) is 1.27. The summed E-state index contributed by atoms with van der Waals surface area (Å²) in [4.78, 5) is 0. The average molecular weight is 137 g/mol. The number of hydrogen-bond donors (Lipinski definition) is 2. The molecular formula is C6H7N3O. The second kappa shape index (κ2) is 1.95. The van der Waals surface area contributed by atoms with Crippen molar-refractivity contribution in [2.24, 2.45) is 7.05 Å². The fourth-order valence-corrected chi connectivity index (χ4v) is 0.740. The van der Waals surface area contributed by atoms with Crippen LogP contribution in [-0.4, -0.2) is 9.67 Å². The van der Waals surface area contributed by atoms with E-state index in [9.17, 15) is 0 Å². The van der Waals surface area contributed by atoms with Crippen molar-refractivity contribution < 1.29 is 5.11 Å². The van der Waals surface area contributed by atoms with E-state index in [1.165, 1.54) is 10.8 Å². The second-order valence-electron chi connectivity index (χ2n) is 2.00. The average Bonchev–Trinajstić information content (AvgIpc) is 2.09. The van der Waals surface area contributed by atoms with Gasteiger partial charge in [-0.1, -0.05) is 0 Å². The number of anilines is 1. The summed E-state index contributed by atoms with van der Waals surface area (Å²) in [5, 5.41) is 17.4. The van der Waals surface area contributed by atoms with Gasteiger partial charge in [0.1, 0.15) is 17.5 Å². The molecule has 1 aromatic heterocycles. The van der Waals surface area contributed by atoms with Crippen LogP contribution in [0.3, 0.4) is 0 Å². The SMILES string of the molecule is Cn1cc(O)c(C#N)c1N. The van der Waals surface area contributed by atoms with Crippen LogP contribution in [0.1, 0.15) is 5.56 Å². The van der Waals surface area contributed by atoms with Crippen molar-refractivity contribution >= 4 is 5.82 Å². The fraction of sp³-hybridized carbons (Fsp3) is 0.167. The molecule has 0 spiro atoms. The van der Waals surface area contributed by atoms with Crippen LogP contribution < -0.4 is 5.73 Å². The van der Waals surface area contributed by atoms with E-state index in [1.54, 1.807) is 13.1 Å². The van der Waals surface area contributed by atoms with E-state index >= 15 is 0 Å². The number of hydrogen-bond acceptors (Lipinski definition) is 3. The van der Waals surface area contributed by atoms with Crippen molar-refractivity contribution in [3.8, 4) is 11.8 Å². The smallest absolute Gasteiger partial charge is 0.153 e. The van der Waals surface area contributed by atoms with Gasteiger partial charge < -0.3 is 15.4 Å². The summed E-state index contributed by atoms with van der Waals surface area (Å²) in [6, 6.07) is 1.79. The summed E-state index contributed by atoms with van der Waals surface area (Å²) in [6.45, 7) is 0. The number of nitriles is 1. The van der Waals surface area contributed by atoms with Crippen molar-refractivity contribution in [3.05, 3.63) is 11.8 Å². The maximum absolute atomic E-state index is 8.99. The first-order valence-electron chi connectivity index (χ1n) is 2.70. The first kappa shape index (κ1) is 6.49. The molecule has 0 saturated heterocycles. The highest BCUT2D eigenvalue weighted by Gasteiger charge is 2.08. The molecule has 0 aliphatic rings. The van der Waals surface area contributed by atoms with E-state index in [0.29, 0.717) is 5.82 Å². The van der Waals surface area contributed by atoms with Gasteiger partial charge in [-0.25, -0.2) is 0 Å². The molecule has 0 bridgehead atoms. The fourth-order valence-electron chi connectivity index (χ4n) is 0.740. The van der Waals surface area contributed by atoms with Crippen LogP contribution in [0, 0.1) is 11.3 Å².